The Labute approximate surface area is 186 Å². The van der Waals surface area contributed by atoms with E-state index in [1.807, 2.05) is 35.2 Å². The summed E-state index contributed by atoms with van der Waals surface area (Å²) in [6.45, 7) is 3.10. The van der Waals surface area contributed by atoms with Crippen LogP contribution >= 0.6 is 0 Å². The summed E-state index contributed by atoms with van der Waals surface area (Å²) in [5, 5.41) is 15.8. The van der Waals surface area contributed by atoms with Gasteiger partial charge in [0, 0.05) is 42.4 Å². The van der Waals surface area contributed by atoms with E-state index < -0.39 is 4.92 Å². The van der Waals surface area contributed by atoms with Crippen LogP contribution in [0, 0.1) is 16.0 Å². The number of nitrogens with zero attached hydrogens (tertiary/aromatic N) is 2. The van der Waals surface area contributed by atoms with E-state index in [-0.39, 0.29) is 23.4 Å². The molecule has 0 aromatic heterocycles. The van der Waals surface area contributed by atoms with E-state index >= 15 is 0 Å². The van der Waals surface area contributed by atoms with Gasteiger partial charge in [0.1, 0.15) is 0 Å². The van der Waals surface area contributed by atoms with E-state index in [0.717, 1.165) is 17.2 Å². The molecule has 0 radical (unpaired) electrons. The number of non-ortho nitro benzene ring substituents is 1. The molecular weight excluding hydrogens is 406 g/mol. The monoisotopic (exact) mass is 431 g/mol. The van der Waals surface area contributed by atoms with E-state index in [1.165, 1.54) is 17.7 Å². The average molecular weight is 431 g/mol. The fraction of sp³-hybridized carbons (Fsp3) is 0.280. The lowest BCUT2D eigenvalue weighted by Gasteiger charge is -2.31. The number of carbonyl (C=O) groups excluding carboxylic acids is 2. The summed E-state index contributed by atoms with van der Waals surface area (Å²) >= 11 is 0. The van der Waals surface area contributed by atoms with Crippen LogP contribution < -0.4 is 5.32 Å². The number of benzene rings is 3. The number of fused-ring (bicyclic) bond motifs is 1. The first-order valence-electron chi connectivity index (χ1n) is 10.8. The maximum absolute atomic E-state index is 13.2. The molecule has 3 aromatic rings. The Morgan fingerprint density at radius 3 is 2.44 bits per heavy atom. The van der Waals surface area contributed by atoms with Crippen molar-refractivity contribution in [1.29, 1.82) is 0 Å². The van der Waals surface area contributed by atoms with Crippen molar-refractivity contribution in [2.75, 3.05) is 18.4 Å². The lowest BCUT2D eigenvalue weighted by molar-refractivity contribution is -0.384. The highest BCUT2D eigenvalue weighted by Crippen LogP contribution is 2.27. The molecule has 0 spiro atoms. The van der Waals surface area contributed by atoms with Gasteiger partial charge in [-0.1, -0.05) is 43.3 Å². The first-order chi connectivity index (χ1) is 15.5. The molecule has 0 unspecified atom stereocenters. The number of nitro groups is 1. The second-order valence-electron chi connectivity index (χ2n) is 8.03. The van der Waals surface area contributed by atoms with Crippen LogP contribution in [0.2, 0.25) is 0 Å². The lowest BCUT2D eigenvalue weighted by atomic mass is 9.94. The van der Waals surface area contributed by atoms with Crippen molar-refractivity contribution >= 4 is 34.0 Å². The minimum Gasteiger partial charge on any atom is -0.339 e. The normalized spacial score (nSPS) is 14.3. The zero-order chi connectivity index (χ0) is 22.7. The average Bonchev–Trinajstić information content (AvgIpc) is 2.83. The van der Waals surface area contributed by atoms with Crippen molar-refractivity contribution < 1.29 is 14.5 Å². The third-order valence-electron chi connectivity index (χ3n) is 6.10. The Bertz CT molecular complexity index is 1180. The van der Waals surface area contributed by atoms with E-state index in [1.54, 1.807) is 12.1 Å². The molecule has 32 heavy (non-hydrogen) atoms. The maximum atomic E-state index is 13.2. The molecule has 3 aromatic carbocycles. The number of piperidine rings is 1. The highest BCUT2D eigenvalue weighted by molar-refractivity contribution is 6.08. The smallest absolute Gasteiger partial charge is 0.271 e. The molecule has 0 bridgehead atoms. The SMILES string of the molecule is CCc1ccc(C(=O)N2CCC(C(=O)Nc3cccc([N+](=O)[O-])c3)CC2)c2ccccc12. The van der Waals surface area contributed by atoms with Gasteiger partial charge in [-0.2, -0.15) is 0 Å². The van der Waals surface area contributed by atoms with Gasteiger partial charge in [-0.05, 0) is 47.7 Å². The van der Waals surface area contributed by atoms with Gasteiger partial charge in [-0.25, -0.2) is 0 Å². The van der Waals surface area contributed by atoms with Crippen molar-refractivity contribution in [3.8, 4) is 0 Å². The predicted molar refractivity (Wildman–Crippen MR) is 124 cm³/mol. The molecule has 0 aliphatic carbocycles. The number of anilines is 1. The van der Waals surface area contributed by atoms with E-state index in [9.17, 15) is 19.7 Å². The highest BCUT2D eigenvalue weighted by atomic mass is 16.6. The standard InChI is InChI=1S/C25H25N3O4/c1-2-17-10-11-23(22-9-4-3-8-21(17)22)25(30)27-14-12-18(13-15-27)24(29)26-19-6-5-7-20(16-19)28(31)32/h3-11,16,18H,2,12-15H2,1H3,(H,26,29). The molecule has 7 nitrogen and oxygen atoms in total. The van der Waals surface area contributed by atoms with Gasteiger partial charge < -0.3 is 10.2 Å². The van der Waals surface area contributed by atoms with Crippen molar-refractivity contribution in [1.82, 2.24) is 4.90 Å². The summed E-state index contributed by atoms with van der Waals surface area (Å²) in [7, 11) is 0. The van der Waals surface area contributed by atoms with Crippen LogP contribution in [0.25, 0.3) is 10.8 Å². The molecule has 1 aliphatic rings. The molecule has 1 heterocycles. The minimum absolute atomic E-state index is 0.0126. The van der Waals surface area contributed by atoms with Crippen molar-refractivity contribution in [3.63, 3.8) is 0 Å². The highest BCUT2D eigenvalue weighted by Gasteiger charge is 2.28. The summed E-state index contributed by atoms with van der Waals surface area (Å²) in [5.41, 5.74) is 2.25. The number of hydrogen-bond acceptors (Lipinski definition) is 4. The quantitative estimate of drug-likeness (QED) is 0.464. The van der Waals surface area contributed by atoms with Crippen LogP contribution in [0.5, 0.6) is 0 Å². The Morgan fingerprint density at radius 2 is 1.75 bits per heavy atom. The number of aryl methyl sites for hydroxylation is 1. The number of hydrogen-bond donors (Lipinski definition) is 1. The topological polar surface area (TPSA) is 92.6 Å². The maximum Gasteiger partial charge on any atom is 0.271 e. The van der Waals surface area contributed by atoms with Crippen LogP contribution in [0.4, 0.5) is 11.4 Å². The number of carbonyl (C=O) groups is 2. The fourth-order valence-corrected chi connectivity index (χ4v) is 4.31. The molecule has 1 fully saturated rings. The third-order valence-corrected chi connectivity index (χ3v) is 6.10. The van der Waals surface area contributed by atoms with Gasteiger partial charge in [0.25, 0.3) is 11.6 Å². The Balaban J connectivity index is 1.42. The second-order valence-corrected chi connectivity index (χ2v) is 8.03. The fourth-order valence-electron chi connectivity index (χ4n) is 4.31. The van der Waals surface area contributed by atoms with Crippen molar-refractivity contribution in [3.05, 3.63) is 81.9 Å². The summed E-state index contributed by atoms with van der Waals surface area (Å²) < 4.78 is 0. The molecule has 1 saturated heterocycles. The van der Waals surface area contributed by atoms with Gasteiger partial charge in [-0.3, -0.25) is 19.7 Å². The molecule has 2 amide bonds. The van der Waals surface area contributed by atoms with E-state index in [4.69, 9.17) is 0 Å². The molecule has 0 atom stereocenters. The van der Waals surface area contributed by atoms with Crippen LogP contribution in [-0.4, -0.2) is 34.7 Å². The predicted octanol–water partition coefficient (Wildman–Crippen LogP) is 4.80. The lowest BCUT2D eigenvalue weighted by Crippen LogP contribution is -2.41. The summed E-state index contributed by atoms with van der Waals surface area (Å²) in [4.78, 5) is 38.2. The van der Waals surface area contributed by atoms with Crippen LogP contribution in [0.3, 0.4) is 0 Å². The minimum atomic E-state index is -0.490. The van der Waals surface area contributed by atoms with Gasteiger partial charge in [-0.15, -0.1) is 0 Å². The Morgan fingerprint density at radius 1 is 1.03 bits per heavy atom. The summed E-state index contributed by atoms with van der Waals surface area (Å²) in [5.74, 6) is -0.422. The first kappa shape index (κ1) is 21.5. The molecule has 1 aliphatic heterocycles. The van der Waals surface area contributed by atoms with Crippen LogP contribution in [-0.2, 0) is 11.2 Å². The van der Waals surface area contributed by atoms with Crippen molar-refractivity contribution in [2.24, 2.45) is 5.92 Å². The van der Waals surface area contributed by atoms with Gasteiger partial charge >= 0.3 is 0 Å². The zero-order valence-corrected chi connectivity index (χ0v) is 17.9. The zero-order valence-electron chi connectivity index (χ0n) is 17.9. The molecule has 7 heteroatoms. The number of likely N-dealkylation sites (tertiary alicyclic amines) is 1. The first-order valence-corrected chi connectivity index (χ1v) is 10.8. The van der Waals surface area contributed by atoms with Gasteiger partial charge in [0.05, 0.1) is 4.92 Å². The largest absolute Gasteiger partial charge is 0.339 e. The van der Waals surface area contributed by atoms with Gasteiger partial charge in [0.15, 0.2) is 0 Å². The number of amides is 2. The Kier molecular flexibility index (Phi) is 6.16. The molecule has 4 rings (SSSR count). The van der Waals surface area contributed by atoms with E-state index in [2.05, 4.69) is 18.3 Å². The Hall–Kier alpha value is -3.74. The second kappa shape index (κ2) is 9.18. The van der Waals surface area contributed by atoms with E-state index in [0.29, 0.717) is 37.2 Å². The number of nitrogens with one attached hydrogen (secondary N) is 1. The molecule has 0 saturated carbocycles. The summed E-state index contributed by atoms with van der Waals surface area (Å²) in [6.07, 6.45) is 2.01. The molecule has 1 N–H and O–H groups in total. The molecular formula is C25H25N3O4. The molecule has 164 valence electrons. The van der Waals surface area contributed by atoms with Crippen LogP contribution in [0.1, 0.15) is 35.7 Å². The number of rotatable bonds is 5. The van der Waals surface area contributed by atoms with Crippen LogP contribution in [0.15, 0.2) is 60.7 Å². The number of nitro benzene ring substituents is 1. The summed E-state index contributed by atoms with van der Waals surface area (Å²) in [6, 6.07) is 17.8. The van der Waals surface area contributed by atoms with Gasteiger partial charge in [0.2, 0.25) is 5.91 Å². The van der Waals surface area contributed by atoms with Crippen molar-refractivity contribution in [2.45, 2.75) is 26.2 Å². The third kappa shape index (κ3) is 4.32.